The molecule has 0 saturated carbocycles. The SMILES string of the molecule is CC(=O)c1ccc(N2CCN(c3ccc(C[C@H](NC(=O)[C@@H]4CCCN4S(=O)(=O)c4ccccc4)C(=O)O)cc3)CC2)s1. The maximum Gasteiger partial charge on any atom is 0.326 e. The molecule has 0 unspecified atom stereocenters. The monoisotopic (exact) mass is 610 g/mol. The molecule has 5 rings (SSSR count). The van der Waals surface area contributed by atoms with Crippen molar-refractivity contribution in [1.29, 1.82) is 0 Å². The second-order valence-electron chi connectivity index (χ2n) is 10.5. The highest BCUT2D eigenvalue weighted by Gasteiger charge is 2.40. The van der Waals surface area contributed by atoms with Crippen LogP contribution in [0.25, 0.3) is 0 Å². The number of carboxylic acid groups (broad SMARTS) is 1. The maximum atomic E-state index is 13.2. The first kappa shape index (κ1) is 29.7. The number of thiophene rings is 1. The zero-order chi connectivity index (χ0) is 29.9. The second-order valence-corrected chi connectivity index (χ2v) is 13.5. The van der Waals surface area contributed by atoms with Crippen LogP contribution in [0.3, 0.4) is 0 Å². The first-order valence-corrected chi connectivity index (χ1v) is 16.2. The molecule has 3 heterocycles. The highest BCUT2D eigenvalue weighted by Crippen LogP contribution is 2.29. The summed E-state index contributed by atoms with van der Waals surface area (Å²) in [6, 6.07) is 17.3. The summed E-state index contributed by atoms with van der Waals surface area (Å²) in [6.07, 6.45) is 0.922. The molecule has 0 aliphatic carbocycles. The number of benzene rings is 2. The maximum absolute atomic E-state index is 13.2. The molecular weight excluding hydrogens is 576 g/mol. The number of carbonyl (C=O) groups is 3. The van der Waals surface area contributed by atoms with E-state index in [0.717, 1.165) is 47.3 Å². The lowest BCUT2D eigenvalue weighted by molar-refractivity contribution is -0.142. The number of hydrogen-bond acceptors (Lipinski definition) is 8. The molecule has 2 saturated heterocycles. The van der Waals surface area contributed by atoms with Gasteiger partial charge in [0, 0.05) is 44.8 Å². The summed E-state index contributed by atoms with van der Waals surface area (Å²) in [6.45, 7) is 5.05. The number of aliphatic carboxylic acids is 1. The topological polar surface area (TPSA) is 127 Å². The van der Waals surface area contributed by atoms with Crippen LogP contribution >= 0.6 is 11.3 Å². The van der Waals surface area contributed by atoms with Gasteiger partial charge in [-0.2, -0.15) is 4.31 Å². The Morgan fingerprint density at radius 1 is 0.929 bits per heavy atom. The average molecular weight is 611 g/mol. The highest BCUT2D eigenvalue weighted by atomic mass is 32.2. The third-order valence-corrected chi connectivity index (χ3v) is 10.9. The van der Waals surface area contributed by atoms with Crippen molar-refractivity contribution < 1.29 is 27.9 Å². The summed E-state index contributed by atoms with van der Waals surface area (Å²) in [7, 11) is -3.88. The highest BCUT2D eigenvalue weighted by molar-refractivity contribution is 7.89. The molecule has 2 N–H and O–H groups in total. The molecule has 3 aromatic rings. The average Bonchev–Trinajstić information content (AvgIpc) is 3.69. The Hall–Kier alpha value is -3.74. The lowest BCUT2D eigenvalue weighted by Gasteiger charge is -2.36. The van der Waals surface area contributed by atoms with Gasteiger partial charge < -0.3 is 20.2 Å². The van der Waals surface area contributed by atoms with Gasteiger partial charge in [0.25, 0.3) is 0 Å². The molecule has 10 nitrogen and oxygen atoms in total. The summed E-state index contributed by atoms with van der Waals surface area (Å²) in [5, 5.41) is 13.5. The predicted octanol–water partition coefficient (Wildman–Crippen LogP) is 3.24. The standard InChI is InChI=1S/C30H34N4O6S2/c1-21(35)27-13-14-28(41-27)33-18-16-32(17-19-33)23-11-9-22(10-12-23)20-25(30(37)38)31-29(36)26-8-5-15-34(26)42(39,40)24-6-3-2-4-7-24/h2-4,6-7,9-14,25-26H,5,8,15-20H2,1H3,(H,31,36)(H,37,38)/t25-,26-/m0/s1. The first-order chi connectivity index (χ1) is 20.1. The molecule has 222 valence electrons. The molecular formula is C30H34N4O6S2. The fourth-order valence-electron chi connectivity index (χ4n) is 5.44. The fraction of sp³-hybridized carbons (Fsp3) is 0.367. The quantitative estimate of drug-likeness (QED) is 0.335. The van der Waals surface area contributed by atoms with Crippen LogP contribution in [0.5, 0.6) is 0 Å². The largest absolute Gasteiger partial charge is 0.480 e. The number of nitrogens with one attached hydrogen (secondary N) is 1. The number of Topliss-reactive ketones (excluding diaryl/α,β-unsaturated/α-hetero) is 1. The molecule has 0 radical (unpaired) electrons. The van der Waals surface area contributed by atoms with Gasteiger partial charge in [-0.3, -0.25) is 9.59 Å². The Balaban J connectivity index is 1.18. The zero-order valence-corrected chi connectivity index (χ0v) is 24.9. The number of rotatable bonds is 10. The number of amides is 1. The summed E-state index contributed by atoms with van der Waals surface area (Å²) >= 11 is 1.51. The minimum Gasteiger partial charge on any atom is -0.480 e. The first-order valence-electron chi connectivity index (χ1n) is 13.9. The summed E-state index contributed by atoms with van der Waals surface area (Å²) < 4.78 is 27.5. The van der Waals surface area contributed by atoms with Crippen LogP contribution in [0.2, 0.25) is 0 Å². The van der Waals surface area contributed by atoms with E-state index in [1.54, 1.807) is 25.1 Å². The summed E-state index contributed by atoms with van der Waals surface area (Å²) in [4.78, 5) is 42.3. The smallest absolute Gasteiger partial charge is 0.326 e. The van der Waals surface area contributed by atoms with Crippen LogP contribution in [-0.2, 0) is 26.0 Å². The van der Waals surface area contributed by atoms with E-state index in [1.807, 2.05) is 36.4 Å². The number of ketones is 1. The minimum absolute atomic E-state index is 0.0736. The van der Waals surface area contributed by atoms with Gasteiger partial charge in [0.1, 0.15) is 12.1 Å². The lowest BCUT2D eigenvalue weighted by atomic mass is 10.0. The molecule has 1 aromatic heterocycles. The van der Waals surface area contributed by atoms with Crippen molar-refractivity contribution in [1.82, 2.24) is 9.62 Å². The molecule has 2 fully saturated rings. The molecule has 12 heteroatoms. The van der Waals surface area contributed by atoms with Gasteiger partial charge in [0.2, 0.25) is 15.9 Å². The Morgan fingerprint density at radius 3 is 2.21 bits per heavy atom. The van der Waals surface area contributed by atoms with Gasteiger partial charge in [0.15, 0.2) is 5.78 Å². The van der Waals surface area contributed by atoms with E-state index in [4.69, 9.17) is 0 Å². The van der Waals surface area contributed by atoms with Gasteiger partial charge in [-0.25, -0.2) is 13.2 Å². The normalized spacial score (nSPS) is 18.5. The zero-order valence-electron chi connectivity index (χ0n) is 23.3. The van der Waals surface area contributed by atoms with Crippen molar-refractivity contribution in [3.8, 4) is 0 Å². The molecule has 2 aliphatic heterocycles. The molecule has 2 aromatic carbocycles. The summed E-state index contributed by atoms with van der Waals surface area (Å²) in [5.74, 6) is -1.71. The molecule has 1 amide bonds. The third kappa shape index (κ3) is 6.50. The Labute approximate surface area is 249 Å². The number of anilines is 2. The van der Waals surface area contributed by atoms with Crippen molar-refractivity contribution in [3.05, 3.63) is 77.2 Å². The van der Waals surface area contributed by atoms with E-state index in [-0.39, 0.29) is 23.6 Å². The van der Waals surface area contributed by atoms with Crippen molar-refractivity contribution in [2.75, 3.05) is 42.5 Å². The van der Waals surface area contributed by atoms with Gasteiger partial charge in [-0.1, -0.05) is 30.3 Å². The van der Waals surface area contributed by atoms with Gasteiger partial charge in [0.05, 0.1) is 14.8 Å². The van der Waals surface area contributed by atoms with Crippen LogP contribution in [0, 0.1) is 0 Å². The molecule has 0 bridgehead atoms. The lowest BCUT2D eigenvalue weighted by Crippen LogP contribution is -2.51. The van der Waals surface area contributed by atoms with Gasteiger partial charge in [-0.05, 0) is 61.7 Å². The summed E-state index contributed by atoms with van der Waals surface area (Å²) in [5.41, 5.74) is 1.78. The van der Waals surface area contributed by atoms with E-state index in [9.17, 15) is 27.9 Å². The number of nitrogens with zero attached hydrogens (tertiary/aromatic N) is 3. The number of piperazine rings is 1. The van der Waals surface area contributed by atoms with E-state index in [1.165, 1.54) is 27.8 Å². The minimum atomic E-state index is -3.88. The van der Waals surface area contributed by atoms with Crippen LogP contribution in [0.15, 0.2) is 71.6 Å². The molecule has 0 spiro atoms. The Kier molecular flexibility index (Phi) is 8.95. The molecule has 2 aliphatic rings. The third-order valence-electron chi connectivity index (χ3n) is 7.74. The fourth-order valence-corrected chi connectivity index (χ4v) is 8.07. The van der Waals surface area contributed by atoms with Crippen molar-refractivity contribution in [2.45, 2.75) is 43.2 Å². The van der Waals surface area contributed by atoms with Crippen LogP contribution in [-0.4, -0.2) is 80.3 Å². The van der Waals surface area contributed by atoms with Crippen LogP contribution in [0.4, 0.5) is 10.7 Å². The van der Waals surface area contributed by atoms with Crippen molar-refractivity contribution >= 4 is 49.7 Å². The van der Waals surface area contributed by atoms with E-state index in [2.05, 4.69) is 15.1 Å². The van der Waals surface area contributed by atoms with E-state index >= 15 is 0 Å². The molecule has 2 atom stereocenters. The second kappa shape index (κ2) is 12.6. The number of sulfonamides is 1. The molecule has 42 heavy (non-hydrogen) atoms. The van der Waals surface area contributed by atoms with Crippen LogP contribution < -0.4 is 15.1 Å². The number of hydrogen-bond donors (Lipinski definition) is 2. The van der Waals surface area contributed by atoms with Gasteiger partial charge in [-0.15, -0.1) is 11.3 Å². The predicted molar refractivity (Wildman–Crippen MR) is 162 cm³/mol. The van der Waals surface area contributed by atoms with E-state index in [0.29, 0.717) is 12.8 Å². The van der Waals surface area contributed by atoms with Crippen molar-refractivity contribution in [3.63, 3.8) is 0 Å². The number of carbonyl (C=O) groups excluding carboxylic acids is 2. The van der Waals surface area contributed by atoms with Crippen molar-refractivity contribution in [2.24, 2.45) is 0 Å². The van der Waals surface area contributed by atoms with E-state index < -0.39 is 34.0 Å². The number of carboxylic acids is 1. The van der Waals surface area contributed by atoms with Gasteiger partial charge >= 0.3 is 5.97 Å². The van der Waals surface area contributed by atoms with Crippen LogP contribution in [0.1, 0.15) is 35.0 Å². The Bertz CT molecular complexity index is 1530. The Morgan fingerprint density at radius 2 is 1.60 bits per heavy atom.